The Morgan fingerprint density at radius 1 is 1.42 bits per heavy atom. The van der Waals surface area contributed by atoms with E-state index in [0.717, 1.165) is 19.5 Å². The van der Waals surface area contributed by atoms with Gasteiger partial charge in [0.2, 0.25) is 5.91 Å². The first-order chi connectivity index (χ1) is 9.19. The second kappa shape index (κ2) is 4.90. The van der Waals surface area contributed by atoms with Gasteiger partial charge in [-0.25, -0.2) is 4.39 Å². The molecule has 0 aliphatic carbocycles. The van der Waals surface area contributed by atoms with Crippen molar-refractivity contribution in [1.82, 2.24) is 10.2 Å². The molecule has 2 aliphatic heterocycles. The van der Waals surface area contributed by atoms with E-state index in [4.69, 9.17) is 4.74 Å². The fourth-order valence-corrected chi connectivity index (χ4v) is 2.74. The Balaban J connectivity index is 1.75. The number of rotatable bonds is 2. The first-order valence-electron chi connectivity index (χ1n) is 6.54. The molecule has 0 saturated carbocycles. The van der Waals surface area contributed by atoms with Gasteiger partial charge in [0.15, 0.2) is 0 Å². The molecule has 1 N–H and O–H groups in total. The van der Waals surface area contributed by atoms with Crippen LogP contribution in [0, 0.1) is 5.82 Å². The molecule has 19 heavy (non-hydrogen) atoms. The van der Waals surface area contributed by atoms with Crippen molar-refractivity contribution in [2.75, 3.05) is 26.2 Å². The van der Waals surface area contributed by atoms with Gasteiger partial charge in [-0.3, -0.25) is 4.79 Å². The van der Waals surface area contributed by atoms with Crippen molar-refractivity contribution in [2.24, 2.45) is 0 Å². The number of amides is 1. The van der Waals surface area contributed by atoms with Crippen molar-refractivity contribution in [3.05, 3.63) is 35.6 Å². The third kappa shape index (κ3) is 2.48. The number of ether oxygens (including phenoxy) is 1. The van der Waals surface area contributed by atoms with Gasteiger partial charge in [-0.1, -0.05) is 18.2 Å². The Morgan fingerprint density at radius 3 is 3.00 bits per heavy atom. The second-order valence-electron chi connectivity index (χ2n) is 5.24. The van der Waals surface area contributed by atoms with E-state index in [2.05, 4.69) is 5.32 Å². The zero-order chi connectivity index (χ0) is 13.3. The van der Waals surface area contributed by atoms with Gasteiger partial charge in [-0.05, 0) is 19.0 Å². The molecule has 0 aromatic heterocycles. The van der Waals surface area contributed by atoms with Gasteiger partial charge in [0.25, 0.3) is 0 Å². The quantitative estimate of drug-likeness (QED) is 0.863. The molecular formula is C14H17FN2O2. The highest BCUT2D eigenvalue weighted by Crippen LogP contribution is 2.26. The van der Waals surface area contributed by atoms with E-state index in [9.17, 15) is 9.18 Å². The number of hydrogen-bond donors (Lipinski definition) is 1. The van der Waals surface area contributed by atoms with Gasteiger partial charge >= 0.3 is 0 Å². The lowest BCUT2D eigenvalue weighted by Gasteiger charge is -2.39. The van der Waals surface area contributed by atoms with Crippen LogP contribution >= 0.6 is 0 Å². The minimum atomic E-state index is -0.279. The highest BCUT2D eigenvalue weighted by Gasteiger charge is 2.42. The third-order valence-electron chi connectivity index (χ3n) is 3.86. The van der Waals surface area contributed by atoms with Crippen LogP contribution in [0.2, 0.25) is 0 Å². The molecule has 1 aromatic carbocycles. The van der Waals surface area contributed by atoms with Crippen molar-refractivity contribution in [2.45, 2.75) is 18.6 Å². The Morgan fingerprint density at radius 2 is 2.26 bits per heavy atom. The third-order valence-corrected chi connectivity index (χ3v) is 3.86. The van der Waals surface area contributed by atoms with Crippen LogP contribution in [-0.2, 0) is 16.1 Å². The summed E-state index contributed by atoms with van der Waals surface area (Å²) in [5, 5.41) is 3.26. The largest absolute Gasteiger partial charge is 0.362 e. The highest BCUT2D eigenvalue weighted by atomic mass is 19.1. The van der Waals surface area contributed by atoms with E-state index < -0.39 is 0 Å². The number of hydrogen-bond acceptors (Lipinski definition) is 3. The summed E-state index contributed by atoms with van der Waals surface area (Å²) in [7, 11) is 0. The van der Waals surface area contributed by atoms with E-state index in [0.29, 0.717) is 18.7 Å². The lowest BCUT2D eigenvalue weighted by Crippen LogP contribution is -2.55. The van der Waals surface area contributed by atoms with Gasteiger partial charge in [0.05, 0.1) is 12.1 Å². The molecule has 1 spiro atoms. The molecule has 0 bridgehead atoms. The Labute approximate surface area is 111 Å². The van der Waals surface area contributed by atoms with Gasteiger partial charge in [-0.2, -0.15) is 0 Å². The van der Waals surface area contributed by atoms with E-state index in [1.54, 1.807) is 23.1 Å². The predicted molar refractivity (Wildman–Crippen MR) is 68.0 cm³/mol. The maximum Gasteiger partial charge on any atom is 0.249 e. The van der Waals surface area contributed by atoms with Crippen molar-refractivity contribution in [3.8, 4) is 0 Å². The molecule has 2 heterocycles. The summed E-state index contributed by atoms with van der Waals surface area (Å²) in [5.41, 5.74) is 0.276. The minimum Gasteiger partial charge on any atom is -0.362 e. The van der Waals surface area contributed by atoms with Gasteiger partial charge in [0, 0.05) is 18.7 Å². The molecule has 2 aliphatic rings. The van der Waals surface area contributed by atoms with E-state index in [1.807, 2.05) is 0 Å². The molecule has 4 nitrogen and oxygen atoms in total. The smallest absolute Gasteiger partial charge is 0.249 e. The zero-order valence-corrected chi connectivity index (χ0v) is 10.7. The van der Waals surface area contributed by atoms with Crippen LogP contribution in [0.5, 0.6) is 0 Å². The number of benzene rings is 1. The first kappa shape index (κ1) is 12.6. The molecule has 3 rings (SSSR count). The summed E-state index contributed by atoms with van der Waals surface area (Å²) in [6, 6.07) is 6.59. The summed E-state index contributed by atoms with van der Waals surface area (Å²) in [5.74, 6) is -0.332. The predicted octanol–water partition coefficient (Wildman–Crippen LogP) is 0.917. The first-order valence-corrected chi connectivity index (χ1v) is 6.54. The van der Waals surface area contributed by atoms with E-state index in [-0.39, 0.29) is 23.9 Å². The summed E-state index contributed by atoms with van der Waals surface area (Å²) >= 11 is 0. The topological polar surface area (TPSA) is 41.6 Å². The normalized spacial score (nSPS) is 27.2. The van der Waals surface area contributed by atoms with Crippen molar-refractivity contribution >= 4 is 5.91 Å². The van der Waals surface area contributed by atoms with Crippen LogP contribution in [0.15, 0.2) is 24.3 Å². The lowest BCUT2D eigenvalue weighted by atomic mass is 10.00. The summed E-state index contributed by atoms with van der Waals surface area (Å²) in [6.07, 6.45) is 0.897. The summed E-state index contributed by atoms with van der Waals surface area (Å²) < 4.78 is 19.3. The molecule has 102 valence electrons. The van der Waals surface area contributed by atoms with Crippen LogP contribution in [0.25, 0.3) is 0 Å². The number of carbonyl (C=O) groups is 1. The maximum atomic E-state index is 13.7. The van der Waals surface area contributed by atoms with Crippen molar-refractivity contribution < 1.29 is 13.9 Å². The average molecular weight is 264 g/mol. The van der Waals surface area contributed by atoms with Gasteiger partial charge in [-0.15, -0.1) is 0 Å². The lowest BCUT2D eigenvalue weighted by molar-refractivity contribution is -0.161. The minimum absolute atomic E-state index is 0.0687. The molecule has 1 unspecified atom stereocenters. The molecule has 5 heteroatoms. The van der Waals surface area contributed by atoms with E-state index >= 15 is 0 Å². The summed E-state index contributed by atoms with van der Waals surface area (Å²) in [4.78, 5) is 13.6. The molecule has 1 aromatic rings. The van der Waals surface area contributed by atoms with Gasteiger partial charge in [0.1, 0.15) is 12.4 Å². The SMILES string of the molecule is O=C1COC2(CCNC2)CN1Cc1ccccc1F. The number of nitrogens with zero attached hydrogens (tertiary/aromatic N) is 1. The number of morpholine rings is 1. The Kier molecular flexibility index (Phi) is 3.24. The second-order valence-corrected chi connectivity index (χ2v) is 5.24. The monoisotopic (exact) mass is 264 g/mol. The van der Waals surface area contributed by atoms with Gasteiger partial charge < -0.3 is 15.0 Å². The molecule has 1 amide bonds. The molecule has 2 saturated heterocycles. The van der Waals surface area contributed by atoms with E-state index in [1.165, 1.54) is 6.07 Å². The highest BCUT2D eigenvalue weighted by molar-refractivity contribution is 5.78. The Bertz CT molecular complexity index is 486. The number of carbonyl (C=O) groups excluding carboxylic acids is 1. The molecule has 2 fully saturated rings. The average Bonchev–Trinajstić information content (AvgIpc) is 2.85. The van der Waals surface area contributed by atoms with Crippen molar-refractivity contribution in [1.29, 1.82) is 0 Å². The summed E-state index contributed by atoms with van der Waals surface area (Å²) in [6.45, 7) is 2.61. The zero-order valence-electron chi connectivity index (χ0n) is 10.7. The van der Waals surface area contributed by atoms with Crippen LogP contribution < -0.4 is 5.32 Å². The number of nitrogens with one attached hydrogen (secondary N) is 1. The number of halogens is 1. The molecule has 0 radical (unpaired) electrons. The van der Waals surface area contributed by atoms with Crippen LogP contribution in [0.4, 0.5) is 4.39 Å². The molecule has 1 atom stereocenters. The Hall–Kier alpha value is -1.46. The van der Waals surface area contributed by atoms with Crippen LogP contribution in [-0.4, -0.2) is 42.6 Å². The van der Waals surface area contributed by atoms with Crippen LogP contribution in [0.3, 0.4) is 0 Å². The van der Waals surface area contributed by atoms with Crippen LogP contribution in [0.1, 0.15) is 12.0 Å². The fourth-order valence-electron chi connectivity index (χ4n) is 2.74. The molecular weight excluding hydrogens is 247 g/mol. The maximum absolute atomic E-state index is 13.7. The van der Waals surface area contributed by atoms with Crippen molar-refractivity contribution in [3.63, 3.8) is 0 Å². The fraction of sp³-hybridized carbons (Fsp3) is 0.500. The standard InChI is InChI=1S/C14H17FN2O2/c15-12-4-2-1-3-11(12)7-17-10-14(5-6-16-9-14)19-8-13(17)18/h1-4,16H,5-10H2.